The molecule has 0 aromatic heterocycles. The van der Waals surface area contributed by atoms with Crippen LogP contribution in [0.1, 0.15) is 12.8 Å². The zero-order valence-corrected chi connectivity index (χ0v) is 6.66. The van der Waals surface area contributed by atoms with E-state index in [0.717, 1.165) is 11.8 Å². The van der Waals surface area contributed by atoms with Crippen LogP contribution in [-0.2, 0) is 0 Å². The topological polar surface area (TPSA) is 29.3 Å². The third-order valence-corrected chi connectivity index (χ3v) is 2.54. The van der Waals surface area contributed by atoms with Crippen molar-refractivity contribution in [2.24, 2.45) is 5.14 Å². The molecule has 1 rings (SSSR count). The minimum atomic E-state index is 0.750. The Bertz CT molecular complexity index is 87.1. The molecule has 0 radical (unpaired) electrons. The van der Waals surface area contributed by atoms with Crippen LogP contribution in [0.3, 0.4) is 0 Å². The Morgan fingerprint density at radius 1 is 1.78 bits per heavy atom. The molecule has 0 amide bonds. The van der Waals surface area contributed by atoms with E-state index in [1.54, 1.807) is 0 Å². The van der Waals surface area contributed by atoms with Gasteiger partial charge in [0.25, 0.3) is 0 Å². The summed E-state index contributed by atoms with van der Waals surface area (Å²) in [6, 6.07) is 0.750. The lowest BCUT2D eigenvalue weighted by molar-refractivity contribution is 0.335. The second-order valence-corrected chi connectivity index (χ2v) is 3.28. The normalized spacial score (nSPS) is 29.3. The first kappa shape index (κ1) is 7.38. The predicted molar refractivity (Wildman–Crippen MR) is 42.3 cm³/mol. The van der Waals surface area contributed by atoms with Gasteiger partial charge in [-0.2, -0.15) is 0 Å². The van der Waals surface area contributed by atoms with Crippen molar-refractivity contribution in [2.45, 2.75) is 18.9 Å². The van der Waals surface area contributed by atoms with Gasteiger partial charge in [-0.25, -0.2) is 0 Å². The van der Waals surface area contributed by atoms with Gasteiger partial charge in [0.1, 0.15) is 0 Å². The molecule has 2 N–H and O–H groups in total. The molecule has 1 aliphatic rings. The third kappa shape index (κ3) is 1.85. The minimum Gasteiger partial charge on any atom is -0.303 e. The van der Waals surface area contributed by atoms with Crippen molar-refractivity contribution in [3.05, 3.63) is 0 Å². The lowest BCUT2D eigenvalue weighted by Crippen LogP contribution is -2.27. The number of likely N-dealkylation sites (tertiary alicyclic amines) is 1. The summed E-state index contributed by atoms with van der Waals surface area (Å²) in [7, 11) is 2.17. The summed E-state index contributed by atoms with van der Waals surface area (Å²) in [5, 5.41) is 5.36. The number of hydrogen-bond acceptors (Lipinski definition) is 3. The molecule has 1 unspecified atom stereocenters. The zero-order chi connectivity index (χ0) is 6.69. The Hall–Kier alpha value is 0.270. The highest BCUT2D eigenvalue weighted by molar-refractivity contribution is 7.97. The van der Waals surface area contributed by atoms with Crippen LogP contribution in [0.2, 0.25) is 0 Å². The van der Waals surface area contributed by atoms with Crippen LogP contribution in [0.5, 0.6) is 0 Å². The lowest BCUT2D eigenvalue weighted by atomic mass is 10.2. The summed E-state index contributed by atoms with van der Waals surface area (Å²) in [4.78, 5) is 2.39. The summed E-state index contributed by atoms with van der Waals surface area (Å²) >= 11 is 1.46. The Morgan fingerprint density at radius 3 is 3.00 bits per heavy atom. The smallest absolute Gasteiger partial charge is 0.0233 e. The minimum absolute atomic E-state index is 0.750. The van der Waals surface area contributed by atoms with Crippen molar-refractivity contribution in [3.63, 3.8) is 0 Å². The van der Waals surface area contributed by atoms with E-state index in [0.29, 0.717) is 0 Å². The molecule has 1 aliphatic heterocycles. The maximum atomic E-state index is 5.36. The first-order chi connectivity index (χ1) is 4.34. The summed E-state index contributed by atoms with van der Waals surface area (Å²) in [5.74, 6) is 1.09. The third-order valence-electron chi connectivity index (χ3n) is 1.96. The molecule has 1 heterocycles. The van der Waals surface area contributed by atoms with Gasteiger partial charge in [-0.05, 0) is 26.4 Å². The molecular formula is C6H14N2S. The van der Waals surface area contributed by atoms with Gasteiger partial charge in [0, 0.05) is 11.8 Å². The number of nitrogens with zero attached hydrogens (tertiary/aromatic N) is 1. The highest BCUT2D eigenvalue weighted by Crippen LogP contribution is 2.16. The lowest BCUT2D eigenvalue weighted by Gasteiger charge is -2.16. The molecule has 0 saturated carbocycles. The number of nitrogens with two attached hydrogens (primary N) is 1. The van der Waals surface area contributed by atoms with E-state index in [1.165, 1.54) is 31.3 Å². The van der Waals surface area contributed by atoms with E-state index in [4.69, 9.17) is 5.14 Å². The van der Waals surface area contributed by atoms with Gasteiger partial charge in [-0.1, -0.05) is 11.9 Å². The fraction of sp³-hybridized carbons (Fsp3) is 1.00. The van der Waals surface area contributed by atoms with E-state index in [1.807, 2.05) is 0 Å². The van der Waals surface area contributed by atoms with E-state index < -0.39 is 0 Å². The Kier molecular flexibility index (Phi) is 2.82. The Morgan fingerprint density at radius 2 is 2.56 bits per heavy atom. The molecule has 2 nitrogen and oxygen atoms in total. The molecule has 0 aliphatic carbocycles. The molecule has 54 valence electrons. The molecule has 0 spiro atoms. The fourth-order valence-corrected chi connectivity index (χ4v) is 1.94. The van der Waals surface area contributed by atoms with Crippen molar-refractivity contribution in [1.29, 1.82) is 0 Å². The van der Waals surface area contributed by atoms with Crippen LogP contribution in [0.4, 0.5) is 0 Å². The second kappa shape index (κ2) is 3.44. The van der Waals surface area contributed by atoms with Crippen molar-refractivity contribution in [2.75, 3.05) is 19.3 Å². The van der Waals surface area contributed by atoms with Gasteiger partial charge in [0.05, 0.1) is 0 Å². The molecule has 0 aromatic rings. The molecule has 1 atom stereocenters. The molecule has 9 heavy (non-hydrogen) atoms. The maximum Gasteiger partial charge on any atom is 0.0233 e. The SMILES string of the molecule is CN1CCCC1CSN. The van der Waals surface area contributed by atoms with Gasteiger partial charge in [-0.3, -0.25) is 5.14 Å². The summed E-state index contributed by atoms with van der Waals surface area (Å²) in [6.07, 6.45) is 2.68. The monoisotopic (exact) mass is 146 g/mol. The molecular weight excluding hydrogens is 132 g/mol. The van der Waals surface area contributed by atoms with Crippen molar-refractivity contribution >= 4 is 11.9 Å². The van der Waals surface area contributed by atoms with Gasteiger partial charge in [0.2, 0.25) is 0 Å². The van der Waals surface area contributed by atoms with Crippen molar-refractivity contribution in [1.82, 2.24) is 4.90 Å². The zero-order valence-electron chi connectivity index (χ0n) is 5.84. The maximum absolute atomic E-state index is 5.36. The van der Waals surface area contributed by atoms with Gasteiger partial charge < -0.3 is 4.90 Å². The van der Waals surface area contributed by atoms with E-state index in [-0.39, 0.29) is 0 Å². The van der Waals surface area contributed by atoms with Crippen LogP contribution in [0.25, 0.3) is 0 Å². The number of rotatable bonds is 2. The van der Waals surface area contributed by atoms with Crippen molar-refractivity contribution < 1.29 is 0 Å². The predicted octanol–water partition coefficient (Wildman–Crippen LogP) is 0.688. The summed E-state index contributed by atoms with van der Waals surface area (Å²) in [6.45, 7) is 1.26. The van der Waals surface area contributed by atoms with E-state index >= 15 is 0 Å². The Balaban J connectivity index is 2.22. The van der Waals surface area contributed by atoms with Crippen LogP contribution in [-0.4, -0.2) is 30.3 Å². The quantitative estimate of drug-likeness (QED) is 0.581. The molecule has 3 heteroatoms. The summed E-state index contributed by atoms with van der Waals surface area (Å²) in [5.41, 5.74) is 0. The number of hydrogen-bond donors (Lipinski definition) is 1. The van der Waals surface area contributed by atoms with E-state index in [2.05, 4.69) is 11.9 Å². The first-order valence-electron chi connectivity index (χ1n) is 3.36. The van der Waals surface area contributed by atoms with Crippen molar-refractivity contribution in [3.8, 4) is 0 Å². The van der Waals surface area contributed by atoms with Gasteiger partial charge in [0.15, 0.2) is 0 Å². The second-order valence-electron chi connectivity index (χ2n) is 2.61. The van der Waals surface area contributed by atoms with Crippen LogP contribution < -0.4 is 5.14 Å². The average molecular weight is 146 g/mol. The average Bonchev–Trinajstić information content (AvgIpc) is 2.18. The van der Waals surface area contributed by atoms with Crippen LogP contribution >= 0.6 is 11.9 Å². The Labute approximate surface area is 60.9 Å². The van der Waals surface area contributed by atoms with Crippen LogP contribution in [0, 0.1) is 0 Å². The molecule has 0 aromatic carbocycles. The van der Waals surface area contributed by atoms with Gasteiger partial charge in [-0.15, -0.1) is 0 Å². The fourth-order valence-electron chi connectivity index (χ4n) is 1.30. The first-order valence-corrected chi connectivity index (χ1v) is 4.41. The molecule has 1 fully saturated rings. The highest BCUT2D eigenvalue weighted by Gasteiger charge is 2.19. The summed E-state index contributed by atoms with van der Waals surface area (Å²) < 4.78 is 0. The standard InChI is InChI=1S/C6H14N2S/c1-8-4-2-3-6(8)5-9-7/h6H,2-5,7H2,1H3. The highest BCUT2D eigenvalue weighted by atomic mass is 32.2. The van der Waals surface area contributed by atoms with E-state index in [9.17, 15) is 0 Å². The molecule has 0 bridgehead atoms. The largest absolute Gasteiger partial charge is 0.303 e. The van der Waals surface area contributed by atoms with Crippen LogP contribution in [0.15, 0.2) is 0 Å². The van der Waals surface area contributed by atoms with Gasteiger partial charge >= 0.3 is 0 Å². The molecule has 1 saturated heterocycles.